The second kappa shape index (κ2) is 6.74. The number of hydrogen-bond acceptors (Lipinski definition) is 3. The van der Waals surface area contributed by atoms with Gasteiger partial charge in [-0.2, -0.15) is 5.26 Å². The number of carbonyl (C=O) groups is 2. The molecule has 0 saturated heterocycles. The van der Waals surface area contributed by atoms with Crippen molar-refractivity contribution in [2.24, 2.45) is 0 Å². The van der Waals surface area contributed by atoms with Crippen LogP contribution in [-0.4, -0.2) is 17.2 Å². The number of carbonyl (C=O) groups excluding carboxylic acids is 2. The molecule has 0 saturated carbocycles. The zero-order valence-electron chi connectivity index (χ0n) is 14.0. The van der Waals surface area contributed by atoms with Crippen molar-refractivity contribution in [1.82, 2.24) is 5.32 Å². The molecule has 0 unspecified atom stereocenters. The summed E-state index contributed by atoms with van der Waals surface area (Å²) in [5.41, 5.74) is 0.914. The molecule has 118 valence electrons. The summed E-state index contributed by atoms with van der Waals surface area (Å²) in [5, 5.41) is 11.4. The van der Waals surface area contributed by atoms with Gasteiger partial charge in [0.25, 0.3) is 0 Å². The van der Waals surface area contributed by atoms with Crippen LogP contribution < -0.4 is 5.32 Å². The van der Waals surface area contributed by atoms with Crippen molar-refractivity contribution in [3.05, 3.63) is 35.4 Å². The van der Waals surface area contributed by atoms with Crippen molar-refractivity contribution in [1.29, 1.82) is 5.26 Å². The number of nitriles is 1. The molecule has 1 amide bonds. The Morgan fingerprint density at radius 3 is 2.05 bits per heavy atom. The molecule has 0 radical (unpaired) electrons. The highest BCUT2D eigenvalue weighted by atomic mass is 16.2. The topological polar surface area (TPSA) is 70.0 Å². The Bertz CT molecular complexity index is 587. The lowest BCUT2D eigenvalue weighted by atomic mass is 9.86. The SMILES string of the molecule is CC(C)(C#N)NC(=O)CCC(=O)c1ccc(C(C)(C)C)cc1. The van der Waals surface area contributed by atoms with E-state index in [1.54, 1.807) is 26.0 Å². The molecule has 4 nitrogen and oxygen atoms in total. The lowest BCUT2D eigenvalue weighted by Gasteiger charge is -2.19. The third kappa shape index (κ3) is 5.33. The van der Waals surface area contributed by atoms with E-state index in [2.05, 4.69) is 26.1 Å². The molecule has 4 heteroatoms. The lowest BCUT2D eigenvalue weighted by molar-refractivity contribution is -0.122. The summed E-state index contributed by atoms with van der Waals surface area (Å²) >= 11 is 0. The molecule has 0 aliphatic rings. The first-order valence-corrected chi connectivity index (χ1v) is 7.41. The Labute approximate surface area is 132 Å². The van der Waals surface area contributed by atoms with Crippen LogP contribution in [-0.2, 0) is 10.2 Å². The van der Waals surface area contributed by atoms with Crippen molar-refractivity contribution in [2.75, 3.05) is 0 Å². The van der Waals surface area contributed by atoms with Crippen LogP contribution >= 0.6 is 0 Å². The summed E-state index contributed by atoms with van der Waals surface area (Å²) in [5.74, 6) is -0.350. The maximum atomic E-state index is 12.1. The number of ketones is 1. The molecule has 1 aromatic carbocycles. The van der Waals surface area contributed by atoms with Crippen molar-refractivity contribution >= 4 is 11.7 Å². The molecule has 0 atom stereocenters. The Hall–Kier alpha value is -2.15. The molecule has 0 aliphatic heterocycles. The monoisotopic (exact) mass is 300 g/mol. The van der Waals surface area contributed by atoms with Crippen LogP contribution in [0.2, 0.25) is 0 Å². The molecular formula is C18H24N2O2. The highest BCUT2D eigenvalue weighted by molar-refractivity contribution is 5.98. The molecule has 0 aromatic heterocycles. The third-order valence-electron chi connectivity index (χ3n) is 3.38. The molecule has 0 bridgehead atoms. The average Bonchev–Trinajstić information content (AvgIpc) is 2.43. The summed E-state index contributed by atoms with van der Waals surface area (Å²) in [6.07, 6.45) is 0.229. The van der Waals surface area contributed by atoms with E-state index in [0.717, 1.165) is 5.56 Å². The lowest BCUT2D eigenvalue weighted by Crippen LogP contribution is -2.42. The van der Waals surface area contributed by atoms with Crippen LogP contribution in [0.5, 0.6) is 0 Å². The van der Waals surface area contributed by atoms with Gasteiger partial charge in [0.05, 0.1) is 6.07 Å². The number of nitrogens with one attached hydrogen (secondary N) is 1. The number of benzene rings is 1. The minimum absolute atomic E-state index is 0.0460. The van der Waals surface area contributed by atoms with Crippen LogP contribution in [0.4, 0.5) is 0 Å². The smallest absolute Gasteiger partial charge is 0.221 e. The van der Waals surface area contributed by atoms with Gasteiger partial charge in [-0.1, -0.05) is 45.0 Å². The predicted octanol–water partition coefficient (Wildman–Crippen LogP) is 3.37. The number of hydrogen-bond donors (Lipinski definition) is 1. The van der Waals surface area contributed by atoms with Gasteiger partial charge in [0.1, 0.15) is 5.54 Å². The van der Waals surface area contributed by atoms with Gasteiger partial charge in [0.2, 0.25) is 5.91 Å². The van der Waals surface area contributed by atoms with Gasteiger partial charge < -0.3 is 5.32 Å². The van der Waals surface area contributed by atoms with E-state index in [0.29, 0.717) is 5.56 Å². The highest BCUT2D eigenvalue weighted by Gasteiger charge is 2.20. The zero-order valence-corrected chi connectivity index (χ0v) is 14.0. The Balaban J connectivity index is 2.60. The van der Waals surface area contributed by atoms with E-state index in [4.69, 9.17) is 5.26 Å². The maximum Gasteiger partial charge on any atom is 0.221 e. The van der Waals surface area contributed by atoms with E-state index in [-0.39, 0.29) is 29.9 Å². The van der Waals surface area contributed by atoms with E-state index in [9.17, 15) is 9.59 Å². The Kier molecular flexibility index (Phi) is 5.48. The van der Waals surface area contributed by atoms with Gasteiger partial charge in [0.15, 0.2) is 5.78 Å². The van der Waals surface area contributed by atoms with Gasteiger partial charge in [-0.05, 0) is 24.8 Å². The molecule has 0 heterocycles. The van der Waals surface area contributed by atoms with Crippen molar-refractivity contribution in [3.63, 3.8) is 0 Å². The van der Waals surface area contributed by atoms with Crippen LogP contribution in [0.3, 0.4) is 0 Å². The molecular weight excluding hydrogens is 276 g/mol. The minimum atomic E-state index is -0.908. The highest BCUT2D eigenvalue weighted by Crippen LogP contribution is 2.22. The van der Waals surface area contributed by atoms with Crippen molar-refractivity contribution < 1.29 is 9.59 Å². The Morgan fingerprint density at radius 2 is 1.59 bits per heavy atom. The summed E-state index contributed by atoms with van der Waals surface area (Å²) < 4.78 is 0. The van der Waals surface area contributed by atoms with Crippen molar-refractivity contribution in [2.45, 2.75) is 58.4 Å². The molecule has 1 aromatic rings. The number of rotatable bonds is 5. The fourth-order valence-electron chi connectivity index (χ4n) is 1.97. The van der Waals surface area contributed by atoms with E-state index >= 15 is 0 Å². The minimum Gasteiger partial charge on any atom is -0.338 e. The first kappa shape index (κ1) is 17.9. The maximum absolute atomic E-state index is 12.1. The normalized spacial score (nSPS) is 11.6. The molecule has 0 aliphatic carbocycles. The van der Waals surface area contributed by atoms with Gasteiger partial charge >= 0.3 is 0 Å². The molecule has 0 spiro atoms. The average molecular weight is 300 g/mol. The fraction of sp³-hybridized carbons (Fsp3) is 0.500. The van der Waals surface area contributed by atoms with E-state index < -0.39 is 5.54 Å². The van der Waals surface area contributed by atoms with Crippen LogP contribution in [0.1, 0.15) is 63.4 Å². The number of Topliss-reactive ketones (excluding diaryl/α,β-unsaturated/α-hetero) is 1. The zero-order chi connectivity index (χ0) is 17.0. The fourth-order valence-corrected chi connectivity index (χ4v) is 1.97. The van der Waals surface area contributed by atoms with E-state index in [1.165, 1.54) is 0 Å². The molecule has 22 heavy (non-hydrogen) atoms. The van der Waals surface area contributed by atoms with Gasteiger partial charge in [-0.25, -0.2) is 0 Å². The quantitative estimate of drug-likeness (QED) is 0.848. The largest absolute Gasteiger partial charge is 0.338 e. The summed E-state index contributed by atoms with van der Waals surface area (Å²) in [7, 11) is 0. The second-order valence-corrected chi connectivity index (χ2v) is 7.04. The standard InChI is InChI=1S/C18H24N2O2/c1-17(2,3)14-8-6-13(7-9-14)15(21)10-11-16(22)20-18(4,5)12-19/h6-9H,10-11H2,1-5H3,(H,20,22). The van der Waals surface area contributed by atoms with Crippen molar-refractivity contribution in [3.8, 4) is 6.07 Å². The third-order valence-corrected chi connectivity index (χ3v) is 3.38. The second-order valence-electron chi connectivity index (χ2n) is 7.04. The summed E-state index contributed by atoms with van der Waals surface area (Å²) in [6.45, 7) is 9.59. The first-order valence-electron chi connectivity index (χ1n) is 7.41. The van der Waals surface area contributed by atoms with Gasteiger partial charge in [0, 0.05) is 18.4 Å². The Morgan fingerprint density at radius 1 is 1.05 bits per heavy atom. The molecule has 1 rings (SSSR count). The summed E-state index contributed by atoms with van der Waals surface area (Å²) in [4.78, 5) is 23.8. The summed E-state index contributed by atoms with van der Waals surface area (Å²) in [6, 6.07) is 9.51. The first-order chi connectivity index (χ1) is 10.0. The van der Waals surface area contributed by atoms with Crippen LogP contribution in [0.15, 0.2) is 24.3 Å². The molecule has 1 N–H and O–H groups in total. The van der Waals surface area contributed by atoms with Gasteiger partial charge in [-0.15, -0.1) is 0 Å². The predicted molar refractivity (Wildman–Crippen MR) is 86.5 cm³/mol. The van der Waals surface area contributed by atoms with Crippen LogP contribution in [0.25, 0.3) is 0 Å². The number of nitrogens with zero attached hydrogens (tertiary/aromatic N) is 1. The van der Waals surface area contributed by atoms with Crippen LogP contribution in [0, 0.1) is 11.3 Å². The molecule has 0 fully saturated rings. The van der Waals surface area contributed by atoms with Gasteiger partial charge in [-0.3, -0.25) is 9.59 Å². The number of amides is 1. The van der Waals surface area contributed by atoms with E-state index in [1.807, 2.05) is 18.2 Å².